The largest absolute Gasteiger partial charge is 0.469 e. The molecule has 1 aromatic carbocycles. The van der Waals surface area contributed by atoms with Gasteiger partial charge in [0.15, 0.2) is 5.82 Å². The summed E-state index contributed by atoms with van der Waals surface area (Å²) in [7, 11) is 0. The molecule has 0 bridgehead atoms. The molecule has 5 nitrogen and oxygen atoms in total. The summed E-state index contributed by atoms with van der Waals surface area (Å²) in [5.41, 5.74) is 1.76. The minimum absolute atomic E-state index is 0.496. The highest BCUT2D eigenvalue weighted by Gasteiger charge is 2.17. The first-order valence-electron chi connectivity index (χ1n) is 6.35. The van der Waals surface area contributed by atoms with Gasteiger partial charge in [0.1, 0.15) is 10.8 Å². The second-order valence-corrected chi connectivity index (χ2v) is 6.41. The lowest BCUT2D eigenvalue weighted by Crippen LogP contribution is -1.91. The predicted molar refractivity (Wildman–Crippen MR) is 86.6 cm³/mol. The molecular weight excluding hydrogens is 343 g/mol. The molecule has 0 amide bonds. The van der Waals surface area contributed by atoms with Crippen molar-refractivity contribution in [3.8, 4) is 22.0 Å². The number of hydrogen-bond donors (Lipinski definition) is 0. The van der Waals surface area contributed by atoms with Crippen LogP contribution >= 0.6 is 34.5 Å². The average Bonchev–Trinajstić information content (AvgIpc) is 3.17. The summed E-state index contributed by atoms with van der Waals surface area (Å²) >= 11 is 13.5. The standard InChI is InChI=1S/C14H8Cl2N4OS/c1-7-9(4-5-21-7)12-17-18-14-20(12)19-13(22-14)8-2-3-10(15)11(16)6-8/h2-6H,1H3. The predicted octanol–water partition coefficient (Wildman–Crippen LogP) is 4.73. The Kier molecular flexibility index (Phi) is 3.18. The Balaban J connectivity index is 1.86. The number of benzene rings is 1. The van der Waals surface area contributed by atoms with Crippen LogP contribution in [0.1, 0.15) is 5.76 Å². The summed E-state index contributed by atoms with van der Waals surface area (Å²) in [6.45, 7) is 1.88. The van der Waals surface area contributed by atoms with Gasteiger partial charge in [-0.2, -0.15) is 9.61 Å². The van der Waals surface area contributed by atoms with Crippen molar-refractivity contribution in [3.63, 3.8) is 0 Å². The van der Waals surface area contributed by atoms with E-state index in [-0.39, 0.29) is 0 Å². The maximum Gasteiger partial charge on any atom is 0.235 e. The van der Waals surface area contributed by atoms with Crippen LogP contribution in [0.25, 0.3) is 26.9 Å². The fourth-order valence-corrected chi connectivity index (χ4v) is 3.28. The Morgan fingerprint density at radius 3 is 2.73 bits per heavy atom. The normalized spacial score (nSPS) is 11.4. The van der Waals surface area contributed by atoms with Gasteiger partial charge in [0.2, 0.25) is 4.96 Å². The fourth-order valence-electron chi connectivity index (χ4n) is 2.15. The van der Waals surface area contributed by atoms with Crippen LogP contribution in [0.4, 0.5) is 0 Å². The van der Waals surface area contributed by atoms with Crippen LogP contribution in [0.2, 0.25) is 10.0 Å². The van der Waals surface area contributed by atoms with Crippen LogP contribution in [0.15, 0.2) is 34.9 Å². The zero-order chi connectivity index (χ0) is 15.3. The Hall–Kier alpha value is -1.89. The Labute approximate surface area is 139 Å². The van der Waals surface area contributed by atoms with Crippen molar-refractivity contribution in [1.82, 2.24) is 19.8 Å². The number of nitrogens with zero attached hydrogens (tertiary/aromatic N) is 4. The summed E-state index contributed by atoms with van der Waals surface area (Å²) in [4.78, 5) is 0.705. The quantitative estimate of drug-likeness (QED) is 0.524. The summed E-state index contributed by atoms with van der Waals surface area (Å²) in [5, 5.41) is 14.7. The van der Waals surface area contributed by atoms with E-state index in [1.165, 1.54) is 11.3 Å². The van der Waals surface area contributed by atoms with Crippen molar-refractivity contribution in [2.45, 2.75) is 6.92 Å². The van der Waals surface area contributed by atoms with E-state index in [4.69, 9.17) is 27.6 Å². The fraction of sp³-hybridized carbons (Fsp3) is 0.0714. The summed E-state index contributed by atoms with van der Waals surface area (Å²) < 4.78 is 7.03. The first-order chi connectivity index (χ1) is 10.6. The monoisotopic (exact) mass is 350 g/mol. The SMILES string of the molecule is Cc1occc1-c1nnc2sc(-c3ccc(Cl)c(Cl)c3)nn12. The molecule has 0 aliphatic rings. The number of hydrogen-bond acceptors (Lipinski definition) is 5. The van der Waals surface area contributed by atoms with Gasteiger partial charge in [-0.1, -0.05) is 40.6 Å². The first kappa shape index (κ1) is 13.8. The molecule has 0 atom stereocenters. The van der Waals surface area contributed by atoms with Gasteiger partial charge in [0.25, 0.3) is 0 Å². The average molecular weight is 351 g/mol. The lowest BCUT2D eigenvalue weighted by Gasteiger charge is -1.98. The van der Waals surface area contributed by atoms with Crippen LogP contribution in [-0.4, -0.2) is 19.8 Å². The van der Waals surface area contributed by atoms with Crippen LogP contribution in [0, 0.1) is 6.92 Å². The number of halogens is 2. The van der Waals surface area contributed by atoms with Gasteiger partial charge in [-0.25, -0.2) is 0 Å². The van der Waals surface area contributed by atoms with Crippen LogP contribution in [-0.2, 0) is 0 Å². The molecule has 110 valence electrons. The third-order valence-corrected chi connectivity index (χ3v) is 4.94. The topological polar surface area (TPSA) is 56.2 Å². The summed E-state index contributed by atoms with van der Waals surface area (Å²) in [6, 6.07) is 7.27. The Bertz CT molecular complexity index is 988. The van der Waals surface area contributed by atoms with E-state index in [0.29, 0.717) is 20.8 Å². The van der Waals surface area contributed by atoms with E-state index in [9.17, 15) is 0 Å². The molecule has 0 saturated carbocycles. The molecule has 0 unspecified atom stereocenters. The van der Waals surface area contributed by atoms with Gasteiger partial charge in [-0.3, -0.25) is 0 Å². The van der Waals surface area contributed by atoms with Crippen molar-refractivity contribution in [3.05, 3.63) is 46.3 Å². The smallest absolute Gasteiger partial charge is 0.235 e. The molecule has 22 heavy (non-hydrogen) atoms. The van der Waals surface area contributed by atoms with Crippen molar-refractivity contribution in [2.75, 3.05) is 0 Å². The third-order valence-electron chi connectivity index (χ3n) is 3.26. The summed E-state index contributed by atoms with van der Waals surface area (Å²) in [6.07, 6.45) is 1.62. The summed E-state index contributed by atoms with van der Waals surface area (Å²) in [5.74, 6) is 1.43. The number of aromatic nitrogens is 4. The molecule has 0 spiro atoms. The van der Waals surface area contributed by atoms with Gasteiger partial charge < -0.3 is 4.42 Å². The van der Waals surface area contributed by atoms with E-state index >= 15 is 0 Å². The molecule has 3 heterocycles. The lowest BCUT2D eigenvalue weighted by atomic mass is 10.2. The maximum atomic E-state index is 6.07. The molecule has 0 radical (unpaired) electrons. The van der Waals surface area contributed by atoms with E-state index in [2.05, 4.69) is 15.3 Å². The van der Waals surface area contributed by atoms with Crippen molar-refractivity contribution in [1.29, 1.82) is 0 Å². The molecule has 8 heteroatoms. The molecule has 4 rings (SSSR count). The second-order valence-electron chi connectivity index (χ2n) is 4.64. The van der Waals surface area contributed by atoms with Crippen molar-refractivity contribution >= 4 is 39.5 Å². The van der Waals surface area contributed by atoms with E-state index in [0.717, 1.165) is 21.9 Å². The number of rotatable bonds is 2. The van der Waals surface area contributed by atoms with Gasteiger partial charge >= 0.3 is 0 Å². The Morgan fingerprint density at radius 2 is 2.00 bits per heavy atom. The zero-order valence-electron chi connectivity index (χ0n) is 11.2. The highest BCUT2D eigenvalue weighted by Crippen LogP contribution is 2.32. The third kappa shape index (κ3) is 2.11. The minimum atomic E-state index is 0.496. The van der Waals surface area contributed by atoms with E-state index in [1.807, 2.05) is 19.1 Å². The van der Waals surface area contributed by atoms with Crippen molar-refractivity contribution < 1.29 is 4.42 Å². The first-order valence-corrected chi connectivity index (χ1v) is 7.93. The van der Waals surface area contributed by atoms with E-state index < -0.39 is 0 Å². The van der Waals surface area contributed by atoms with Crippen LogP contribution in [0.5, 0.6) is 0 Å². The maximum absolute atomic E-state index is 6.07. The number of furan rings is 1. The highest BCUT2D eigenvalue weighted by molar-refractivity contribution is 7.19. The van der Waals surface area contributed by atoms with Gasteiger partial charge in [-0.15, -0.1) is 10.2 Å². The second kappa shape index (κ2) is 5.08. The van der Waals surface area contributed by atoms with Gasteiger partial charge in [0, 0.05) is 5.56 Å². The van der Waals surface area contributed by atoms with Crippen molar-refractivity contribution in [2.24, 2.45) is 0 Å². The molecule has 0 aliphatic heterocycles. The minimum Gasteiger partial charge on any atom is -0.469 e. The van der Waals surface area contributed by atoms with Crippen LogP contribution in [0.3, 0.4) is 0 Å². The number of aryl methyl sites for hydroxylation is 1. The van der Waals surface area contributed by atoms with Crippen LogP contribution < -0.4 is 0 Å². The Morgan fingerprint density at radius 1 is 1.14 bits per heavy atom. The zero-order valence-corrected chi connectivity index (χ0v) is 13.6. The molecule has 0 N–H and O–H groups in total. The molecule has 3 aromatic heterocycles. The lowest BCUT2D eigenvalue weighted by molar-refractivity contribution is 0.535. The molecular formula is C14H8Cl2N4OS. The van der Waals surface area contributed by atoms with Gasteiger partial charge in [0.05, 0.1) is 21.9 Å². The van der Waals surface area contributed by atoms with E-state index in [1.54, 1.807) is 22.9 Å². The molecule has 4 aromatic rings. The molecule has 0 saturated heterocycles. The molecule has 0 fully saturated rings. The van der Waals surface area contributed by atoms with Gasteiger partial charge in [-0.05, 0) is 25.1 Å². The highest BCUT2D eigenvalue weighted by atomic mass is 35.5. The molecule has 0 aliphatic carbocycles. The number of fused-ring (bicyclic) bond motifs is 1.